The van der Waals surface area contributed by atoms with Gasteiger partial charge in [0.1, 0.15) is 5.82 Å². The van der Waals surface area contributed by atoms with E-state index in [1.165, 1.54) is 22.6 Å². The van der Waals surface area contributed by atoms with E-state index in [1.807, 2.05) is 17.1 Å². The van der Waals surface area contributed by atoms with Crippen LogP contribution in [0.1, 0.15) is 45.0 Å². The number of carbonyl (C=O) groups excluding carboxylic acids is 1. The highest BCUT2D eigenvalue weighted by Gasteiger charge is 2.27. The summed E-state index contributed by atoms with van der Waals surface area (Å²) in [5.74, 6) is -0.330. The number of carbonyl (C=O) groups is 1. The molecule has 2 heterocycles. The SMILES string of the molecule is Cc1ccsc1CN(C)C(=O)c1nn(-c2ccc(F)cc2)c2c1CCCC2. The lowest BCUT2D eigenvalue weighted by Crippen LogP contribution is -2.27. The number of benzene rings is 1. The summed E-state index contributed by atoms with van der Waals surface area (Å²) in [6.07, 6.45) is 3.90. The van der Waals surface area contributed by atoms with E-state index in [9.17, 15) is 9.18 Å². The number of hydrogen-bond donors (Lipinski definition) is 0. The van der Waals surface area contributed by atoms with Gasteiger partial charge in [0, 0.05) is 23.2 Å². The van der Waals surface area contributed by atoms with E-state index in [-0.39, 0.29) is 11.7 Å². The molecule has 0 unspecified atom stereocenters. The monoisotopic (exact) mass is 383 g/mol. The van der Waals surface area contributed by atoms with Gasteiger partial charge in [-0.3, -0.25) is 4.79 Å². The Morgan fingerprint density at radius 1 is 1.22 bits per heavy atom. The third kappa shape index (κ3) is 3.41. The summed E-state index contributed by atoms with van der Waals surface area (Å²) in [7, 11) is 1.83. The summed E-state index contributed by atoms with van der Waals surface area (Å²) in [5.41, 5.74) is 4.66. The number of hydrogen-bond acceptors (Lipinski definition) is 3. The van der Waals surface area contributed by atoms with Gasteiger partial charge in [0.2, 0.25) is 0 Å². The first-order chi connectivity index (χ1) is 13.0. The first-order valence-electron chi connectivity index (χ1n) is 9.19. The largest absolute Gasteiger partial charge is 0.335 e. The smallest absolute Gasteiger partial charge is 0.274 e. The van der Waals surface area contributed by atoms with Crippen LogP contribution in [0.3, 0.4) is 0 Å². The molecule has 1 aromatic carbocycles. The van der Waals surface area contributed by atoms with E-state index in [0.29, 0.717) is 12.2 Å². The highest BCUT2D eigenvalue weighted by molar-refractivity contribution is 7.10. The molecule has 0 radical (unpaired) electrons. The fourth-order valence-corrected chi connectivity index (χ4v) is 4.56. The molecule has 4 nitrogen and oxygen atoms in total. The third-order valence-electron chi connectivity index (χ3n) is 5.15. The van der Waals surface area contributed by atoms with Gasteiger partial charge < -0.3 is 4.90 Å². The van der Waals surface area contributed by atoms with E-state index in [1.54, 1.807) is 28.4 Å². The fourth-order valence-electron chi connectivity index (χ4n) is 3.60. The van der Waals surface area contributed by atoms with Crippen molar-refractivity contribution in [3.05, 3.63) is 68.9 Å². The van der Waals surface area contributed by atoms with Crippen molar-refractivity contribution in [2.75, 3.05) is 7.05 Å². The number of rotatable bonds is 4. The molecule has 0 saturated heterocycles. The van der Waals surface area contributed by atoms with Crippen molar-refractivity contribution in [2.24, 2.45) is 0 Å². The van der Waals surface area contributed by atoms with Gasteiger partial charge in [-0.05, 0) is 73.9 Å². The number of nitrogens with zero attached hydrogens (tertiary/aromatic N) is 3. The number of amides is 1. The maximum absolute atomic E-state index is 13.3. The summed E-state index contributed by atoms with van der Waals surface area (Å²) < 4.78 is 15.1. The molecule has 0 spiro atoms. The minimum Gasteiger partial charge on any atom is -0.335 e. The van der Waals surface area contributed by atoms with Crippen LogP contribution in [0.25, 0.3) is 5.69 Å². The molecule has 1 aliphatic carbocycles. The van der Waals surface area contributed by atoms with E-state index < -0.39 is 0 Å². The van der Waals surface area contributed by atoms with E-state index in [4.69, 9.17) is 0 Å². The van der Waals surface area contributed by atoms with Gasteiger partial charge >= 0.3 is 0 Å². The Hall–Kier alpha value is -2.47. The Morgan fingerprint density at radius 3 is 2.67 bits per heavy atom. The Labute approximate surface area is 162 Å². The highest BCUT2D eigenvalue weighted by Crippen LogP contribution is 2.28. The zero-order valence-electron chi connectivity index (χ0n) is 15.5. The van der Waals surface area contributed by atoms with Crippen molar-refractivity contribution in [1.82, 2.24) is 14.7 Å². The average molecular weight is 383 g/mol. The van der Waals surface area contributed by atoms with Crippen molar-refractivity contribution in [3.8, 4) is 5.69 Å². The average Bonchev–Trinajstić information content (AvgIpc) is 3.26. The van der Waals surface area contributed by atoms with E-state index in [2.05, 4.69) is 18.1 Å². The summed E-state index contributed by atoms with van der Waals surface area (Å²) in [4.78, 5) is 16.1. The van der Waals surface area contributed by atoms with Crippen molar-refractivity contribution >= 4 is 17.2 Å². The summed E-state index contributed by atoms with van der Waals surface area (Å²) in [6.45, 7) is 2.65. The number of aryl methyl sites for hydroxylation is 1. The predicted molar refractivity (Wildman–Crippen MR) is 105 cm³/mol. The lowest BCUT2D eigenvalue weighted by atomic mass is 9.95. The Balaban J connectivity index is 1.69. The molecule has 4 rings (SSSR count). The fraction of sp³-hybridized carbons (Fsp3) is 0.333. The minimum atomic E-state index is -0.276. The lowest BCUT2D eigenvalue weighted by molar-refractivity contribution is 0.0779. The van der Waals surface area contributed by atoms with Gasteiger partial charge in [0.25, 0.3) is 5.91 Å². The summed E-state index contributed by atoms with van der Waals surface area (Å²) in [5, 5.41) is 6.72. The maximum Gasteiger partial charge on any atom is 0.274 e. The molecule has 0 atom stereocenters. The second-order valence-corrected chi connectivity index (χ2v) is 8.06. The highest BCUT2D eigenvalue weighted by atomic mass is 32.1. The maximum atomic E-state index is 13.3. The van der Waals surface area contributed by atoms with Gasteiger partial charge in [-0.1, -0.05) is 0 Å². The number of fused-ring (bicyclic) bond motifs is 1. The van der Waals surface area contributed by atoms with E-state index in [0.717, 1.165) is 42.6 Å². The van der Waals surface area contributed by atoms with Crippen molar-refractivity contribution in [1.29, 1.82) is 0 Å². The number of halogens is 1. The molecule has 1 aliphatic rings. The minimum absolute atomic E-state index is 0.0539. The second-order valence-electron chi connectivity index (χ2n) is 7.06. The normalized spacial score (nSPS) is 13.4. The van der Waals surface area contributed by atoms with Crippen LogP contribution in [-0.4, -0.2) is 27.6 Å². The first kappa shape index (κ1) is 17.9. The number of thiophene rings is 1. The molecule has 1 amide bonds. The molecule has 2 aromatic heterocycles. The Bertz CT molecular complexity index is 974. The van der Waals surface area contributed by atoms with Crippen LogP contribution in [0, 0.1) is 12.7 Å². The lowest BCUT2D eigenvalue weighted by Gasteiger charge is -2.17. The molecular weight excluding hydrogens is 361 g/mol. The Kier molecular flexibility index (Phi) is 4.83. The van der Waals surface area contributed by atoms with Gasteiger partial charge in [0.15, 0.2) is 5.69 Å². The van der Waals surface area contributed by atoms with Gasteiger partial charge in [-0.2, -0.15) is 5.10 Å². The molecule has 0 aliphatic heterocycles. The zero-order valence-corrected chi connectivity index (χ0v) is 16.4. The van der Waals surface area contributed by atoms with Crippen LogP contribution in [0.5, 0.6) is 0 Å². The van der Waals surface area contributed by atoms with Crippen LogP contribution < -0.4 is 0 Å². The zero-order chi connectivity index (χ0) is 19.0. The van der Waals surface area contributed by atoms with Crippen LogP contribution in [0.15, 0.2) is 35.7 Å². The van der Waals surface area contributed by atoms with Gasteiger partial charge in [-0.15, -0.1) is 11.3 Å². The molecular formula is C21H22FN3OS. The van der Waals surface area contributed by atoms with E-state index >= 15 is 0 Å². The third-order valence-corrected chi connectivity index (χ3v) is 6.16. The van der Waals surface area contributed by atoms with Gasteiger partial charge in [0.05, 0.1) is 12.2 Å². The van der Waals surface area contributed by atoms with Crippen LogP contribution in [0.4, 0.5) is 4.39 Å². The quantitative estimate of drug-likeness (QED) is 0.664. The molecule has 27 heavy (non-hydrogen) atoms. The summed E-state index contributed by atoms with van der Waals surface area (Å²) in [6, 6.07) is 8.36. The molecule has 3 aromatic rings. The van der Waals surface area contributed by atoms with Crippen LogP contribution >= 0.6 is 11.3 Å². The topological polar surface area (TPSA) is 38.1 Å². The molecule has 0 saturated carbocycles. The van der Waals surface area contributed by atoms with Crippen molar-refractivity contribution in [3.63, 3.8) is 0 Å². The van der Waals surface area contributed by atoms with Crippen LogP contribution in [0.2, 0.25) is 0 Å². The van der Waals surface area contributed by atoms with Crippen molar-refractivity contribution in [2.45, 2.75) is 39.2 Å². The second kappa shape index (κ2) is 7.27. The molecule has 0 bridgehead atoms. The standard InChI is InChI=1S/C21H22FN3OS/c1-14-11-12-27-19(14)13-24(2)21(26)20-17-5-3-4-6-18(17)25(23-20)16-9-7-15(22)8-10-16/h7-12H,3-6,13H2,1-2H3. The van der Waals surface area contributed by atoms with Gasteiger partial charge in [-0.25, -0.2) is 9.07 Å². The molecule has 0 N–H and O–H groups in total. The van der Waals surface area contributed by atoms with Crippen molar-refractivity contribution < 1.29 is 9.18 Å². The first-order valence-corrected chi connectivity index (χ1v) is 10.1. The Morgan fingerprint density at radius 2 is 1.96 bits per heavy atom. The molecule has 0 fully saturated rings. The predicted octanol–water partition coefficient (Wildman–Crippen LogP) is 4.53. The summed E-state index contributed by atoms with van der Waals surface area (Å²) >= 11 is 1.67. The molecule has 6 heteroatoms. The molecule has 140 valence electrons. The number of aromatic nitrogens is 2. The van der Waals surface area contributed by atoms with Crippen LogP contribution in [-0.2, 0) is 19.4 Å².